The minimum Gasteiger partial charge on any atom is -0.435 e. The number of halogens is 3. The van der Waals surface area contributed by atoms with Gasteiger partial charge in [-0.15, -0.1) is 5.10 Å². The van der Waals surface area contributed by atoms with Crippen LogP contribution in [-0.2, 0) is 21.7 Å². The second-order valence-corrected chi connectivity index (χ2v) is 9.81. The maximum atomic E-state index is 13.3. The topological polar surface area (TPSA) is 127 Å². The summed E-state index contributed by atoms with van der Waals surface area (Å²) in [6, 6.07) is 8.80. The summed E-state index contributed by atoms with van der Waals surface area (Å²) >= 11 is 6.60. The number of imide groups is 1. The van der Waals surface area contributed by atoms with Gasteiger partial charge in [-0.3, -0.25) is 19.7 Å². The Balaban J connectivity index is 1.20. The molecule has 3 aliphatic rings. The Morgan fingerprint density at radius 3 is 2.61 bits per heavy atom. The maximum Gasteiger partial charge on any atom is 0.387 e. The number of nitrogens with zero attached hydrogens (tertiary/aromatic N) is 3. The Morgan fingerprint density at radius 1 is 1.16 bits per heavy atom. The van der Waals surface area contributed by atoms with Gasteiger partial charge in [-0.25, -0.2) is 0 Å². The number of fused-ring (bicyclic) bond motifs is 1. The maximum absolute atomic E-state index is 13.3. The summed E-state index contributed by atoms with van der Waals surface area (Å²) < 4.78 is 34.8. The Bertz CT molecular complexity index is 1460. The number of rotatable bonds is 7. The summed E-state index contributed by atoms with van der Waals surface area (Å²) in [6.45, 7) is -2.73. The number of hydrogen-bond donors (Lipinski definition) is 2. The molecule has 0 radical (unpaired) electrons. The van der Waals surface area contributed by atoms with Gasteiger partial charge in [0.25, 0.3) is 5.91 Å². The van der Waals surface area contributed by atoms with Gasteiger partial charge in [0.2, 0.25) is 17.7 Å². The third-order valence-corrected chi connectivity index (χ3v) is 7.34. The van der Waals surface area contributed by atoms with Crippen molar-refractivity contribution in [3.8, 4) is 17.2 Å². The van der Waals surface area contributed by atoms with Crippen LogP contribution in [0.4, 0.5) is 14.8 Å². The Kier molecular flexibility index (Phi) is 5.78. The van der Waals surface area contributed by atoms with E-state index < -0.39 is 24.1 Å². The van der Waals surface area contributed by atoms with Crippen LogP contribution in [0.5, 0.6) is 5.75 Å². The molecule has 2 fully saturated rings. The fourth-order valence-corrected chi connectivity index (χ4v) is 5.16. The fourth-order valence-electron chi connectivity index (χ4n) is 4.88. The van der Waals surface area contributed by atoms with Crippen LogP contribution >= 0.6 is 11.6 Å². The number of hydrogen-bond acceptors (Lipinski definition) is 8. The molecule has 38 heavy (non-hydrogen) atoms. The molecule has 13 heteroatoms. The number of anilines is 1. The standard InChI is InChI=1S/C25H20ClF2N5O5/c26-17-10-13(9-15-16(17)11-33(22(15)36)18-5-6-19(34)29-20(18)35)25(7-8-25)30-24-32-31-21(38-24)12-1-3-14(4-2-12)37-23(27)28/h1-4,9-10,18,23H,5-8,11H2,(H,30,32)(H,29,34,35). The van der Waals surface area contributed by atoms with Gasteiger partial charge < -0.3 is 19.4 Å². The van der Waals surface area contributed by atoms with Crippen LogP contribution in [0, 0.1) is 0 Å². The van der Waals surface area contributed by atoms with Crippen molar-refractivity contribution in [3.63, 3.8) is 0 Å². The van der Waals surface area contributed by atoms with E-state index in [1.54, 1.807) is 12.1 Å². The van der Waals surface area contributed by atoms with Crippen LogP contribution in [0.25, 0.3) is 11.5 Å². The first-order chi connectivity index (χ1) is 18.2. The van der Waals surface area contributed by atoms with Crippen LogP contribution in [0.2, 0.25) is 5.02 Å². The van der Waals surface area contributed by atoms with Crippen molar-refractivity contribution in [1.29, 1.82) is 0 Å². The molecule has 1 aliphatic carbocycles. The lowest BCUT2D eigenvalue weighted by atomic mass is 9.99. The quantitative estimate of drug-likeness (QED) is 0.430. The zero-order chi connectivity index (χ0) is 26.6. The molecular weight excluding hydrogens is 524 g/mol. The lowest BCUT2D eigenvalue weighted by molar-refractivity contribution is -0.136. The third kappa shape index (κ3) is 4.34. The van der Waals surface area contributed by atoms with E-state index >= 15 is 0 Å². The van der Waals surface area contributed by atoms with Crippen LogP contribution in [-0.4, -0.2) is 45.5 Å². The summed E-state index contributed by atoms with van der Waals surface area (Å²) in [5.74, 6) is -0.943. The van der Waals surface area contributed by atoms with Crippen molar-refractivity contribution in [2.75, 3.05) is 5.32 Å². The average Bonchev–Trinajstić information content (AvgIpc) is 3.37. The molecule has 1 aromatic heterocycles. The van der Waals surface area contributed by atoms with E-state index in [4.69, 9.17) is 16.0 Å². The molecule has 3 heterocycles. The smallest absolute Gasteiger partial charge is 0.387 e. The zero-order valence-electron chi connectivity index (χ0n) is 19.7. The number of amides is 3. The number of carbonyl (C=O) groups is 3. The first-order valence-electron chi connectivity index (χ1n) is 11.9. The summed E-state index contributed by atoms with van der Waals surface area (Å²) in [7, 11) is 0. The van der Waals surface area contributed by atoms with E-state index in [1.165, 1.54) is 29.2 Å². The molecule has 1 saturated heterocycles. The number of piperidine rings is 1. The minimum atomic E-state index is -2.92. The van der Waals surface area contributed by atoms with E-state index in [0.717, 1.165) is 18.4 Å². The molecule has 196 valence electrons. The number of nitrogens with one attached hydrogen (secondary N) is 2. The highest BCUT2D eigenvalue weighted by molar-refractivity contribution is 6.32. The Labute approximate surface area is 219 Å². The first kappa shape index (κ1) is 24.3. The highest BCUT2D eigenvalue weighted by atomic mass is 35.5. The normalized spacial score (nSPS) is 19.9. The van der Waals surface area contributed by atoms with Crippen LogP contribution in [0.15, 0.2) is 40.8 Å². The molecule has 10 nitrogen and oxygen atoms in total. The Hall–Kier alpha value is -4.06. The van der Waals surface area contributed by atoms with Crippen molar-refractivity contribution in [3.05, 3.63) is 58.1 Å². The predicted molar refractivity (Wildman–Crippen MR) is 128 cm³/mol. The molecule has 3 amide bonds. The SMILES string of the molecule is O=C1CCC(N2Cc3c(Cl)cc(C4(Nc5nnc(-c6ccc(OC(F)F)cc6)o5)CC4)cc3C2=O)C(=O)N1. The molecule has 1 atom stereocenters. The van der Waals surface area contributed by atoms with Gasteiger partial charge in [-0.1, -0.05) is 16.7 Å². The van der Waals surface area contributed by atoms with Crippen molar-refractivity contribution in [1.82, 2.24) is 20.4 Å². The summed E-state index contributed by atoms with van der Waals surface area (Å²) in [4.78, 5) is 38.6. The minimum absolute atomic E-state index is 0.0118. The van der Waals surface area contributed by atoms with Gasteiger partial charge in [0.05, 0.1) is 5.54 Å². The summed E-state index contributed by atoms with van der Waals surface area (Å²) in [5.41, 5.74) is 1.78. The highest BCUT2D eigenvalue weighted by Gasteiger charge is 2.48. The van der Waals surface area contributed by atoms with Crippen molar-refractivity contribution in [2.24, 2.45) is 0 Å². The van der Waals surface area contributed by atoms with Crippen LogP contribution in [0.3, 0.4) is 0 Å². The molecule has 3 aromatic rings. The van der Waals surface area contributed by atoms with Crippen LogP contribution in [0.1, 0.15) is 47.2 Å². The van der Waals surface area contributed by atoms with Gasteiger partial charge in [0.15, 0.2) is 0 Å². The Morgan fingerprint density at radius 2 is 1.92 bits per heavy atom. The van der Waals surface area contributed by atoms with E-state index in [0.29, 0.717) is 21.7 Å². The molecule has 2 aliphatic heterocycles. The zero-order valence-corrected chi connectivity index (χ0v) is 20.4. The molecule has 0 spiro atoms. The van der Waals surface area contributed by atoms with Crippen molar-refractivity contribution >= 4 is 35.3 Å². The number of benzene rings is 2. The highest BCUT2D eigenvalue weighted by Crippen LogP contribution is 2.50. The third-order valence-electron chi connectivity index (χ3n) is 7.00. The predicted octanol–water partition coefficient (Wildman–Crippen LogP) is 3.85. The van der Waals surface area contributed by atoms with E-state index in [2.05, 4.69) is 25.6 Å². The fraction of sp³-hybridized carbons (Fsp3) is 0.320. The molecular formula is C25H20ClF2N5O5. The number of ether oxygens (including phenoxy) is 1. The molecule has 2 N–H and O–H groups in total. The molecule has 1 saturated carbocycles. The summed E-state index contributed by atoms with van der Waals surface area (Å²) in [5, 5.41) is 14.0. The second kappa shape index (κ2) is 9.05. The molecule has 2 aromatic carbocycles. The van der Waals surface area contributed by atoms with E-state index in [1.807, 2.05) is 0 Å². The average molecular weight is 544 g/mol. The van der Waals surface area contributed by atoms with Crippen molar-refractivity contribution < 1.29 is 32.3 Å². The van der Waals surface area contributed by atoms with Gasteiger partial charge in [-0.2, -0.15) is 8.78 Å². The van der Waals surface area contributed by atoms with Gasteiger partial charge in [0, 0.05) is 34.7 Å². The van der Waals surface area contributed by atoms with Gasteiger partial charge in [0.1, 0.15) is 11.8 Å². The van der Waals surface area contributed by atoms with E-state index in [-0.39, 0.29) is 48.9 Å². The summed E-state index contributed by atoms with van der Waals surface area (Å²) in [6.07, 6.45) is 1.89. The lowest BCUT2D eigenvalue weighted by Crippen LogP contribution is -2.52. The second-order valence-electron chi connectivity index (χ2n) is 9.41. The van der Waals surface area contributed by atoms with Gasteiger partial charge >= 0.3 is 12.6 Å². The number of alkyl halides is 2. The molecule has 0 bridgehead atoms. The number of aromatic nitrogens is 2. The van der Waals surface area contributed by atoms with Crippen molar-refractivity contribution in [2.45, 2.75) is 50.4 Å². The number of carbonyl (C=O) groups excluding carboxylic acids is 3. The van der Waals surface area contributed by atoms with Crippen LogP contribution < -0.4 is 15.4 Å². The van der Waals surface area contributed by atoms with Gasteiger partial charge in [-0.05, 0) is 61.2 Å². The van der Waals surface area contributed by atoms with E-state index in [9.17, 15) is 23.2 Å². The lowest BCUT2D eigenvalue weighted by Gasteiger charge is -2.29. The molecule has 1 unspecified atom stereocenters. The first-order valence-corrected chi connectivity index (χ1v) is 12.2. The molecule has 6 rings (SSSR count). The monoisotopic (exact) mass is 543 g/mol. The largest absolute Gasteiger partial charge is 0.435 e.